The standard InChI is InChI=1S/C22H23ClN6OS/c1-12(11-29(3)4)25-21(30)19-20(14-6-5-9-24-10-14)31-22(26-19)18-15-7-8-16(23)13(2)17(15)27-28-18/h5-10,12H,11H2,1-4H3,(H,25,30)(H,27,28). The van der Waals surface area contributed by atoms with E-state index in [0.717, 1.165) is 39.1 Å². The van der Waals surface area contributed by atoms with E-state index < -0.39 is 0 Å². The number of pyridine rings is 1. The molecule has 7 nitrogen and oxygen atoms in total. The Hall–Kier alpha value is -2.81. The van der Waals surface area contributed by atoms with Crippen molar-refractivity contribution in [1.29, 1.82) is 0 Å². The largest absolute Gasteiger partial charge is 0.347 e. The number of thiazole rings is 1. The Bertz CT molecular complexity index is 1230. The number of aromatic amines is 1. The maximum absolute atomic E-state index is 13.1. The maximum Gasteiger partial charge on any atom is 0.271 e. The highest BCUT2D eigenvalue weighted by Gasteiger charge is 2.24. The van der Waals surface area contributed by atoms with Crippen molar-refractivity contribution in [3.63, 3.8) is 0 Å². The van der Waals surface area contributed by atoms with Crippen molar-refractivity contribution >= 4 is 39.7 Å². The van der Waals surface area contributed by atoms with E-state index in [9.17, 15) is 4.79 Å². The normalized spacial score (nSPS) is 12.5. The van der Waals surface area contributed by atoms with Crippen LogP contribution in [0.15, 0.2) is 36.7 Å². The zero-order chi connectivity index (χ0) is 22.1. The molecule has 0 spiro atoms. The number of amides is 1. The molecular weight excluding hydrogens is 432 g/mol. The number of carbonyl (C=O) groups is 1. The second-order valence-electron chi connectivity index (χ2n) is 7.74. The molecule has 1 unspecified atom stereocenters. The van der Waals surface area contributed by atoms with E-state index in [-0.39, 0.29) is 11.9 Å². The third kappa shape index (κ3) is 4.32. The first-order valence-electron chi connectivity index (χ1n) is 9.85. The fourth-order valence-electron chi connectivity index (χ4n) is 3.52. The number of halogens is 1. The summed E-state index contributed by atoms with van der Waals surface area (Å²) in [6.07, 6.45) is 3.45. The third-order valence-corrected chi connectivity index (χ3v) is 6.44. The van der Waals surface area contributed by atoms with Gasteiger partial charge in [-0.05, 0) is 51.7 Å². The molecule has 4 rings (SSSR count). The van der Waals surface area contributed by atoms with Crippen LogP contribution in [-0.2, 0) is 0 Å². The summed E-state index contributed by atoms with van der Waals surface area (Å²) in [5.74, 6) is -0.209. The van der Waals surface area contributed by atoms with Crippen LogP contribution in [-0.4, -0.2) is 57.7 Å². The molecule has 1 amide bonds. The number of benzene rings is 1. The fraction of sp³-hybridized carbons (Fsp3) is 0.273. The van der Waals surface area contributed by atoms with E-state index in [1.54, 1.807) is 12.4 Å². The molecular formula is C22H23ClN6OS. The van der Waals surface area contributed by atoms with Gasteiger partial charge in [-0.3, -0.25) is 14.9 Å². The van der Waals surface area contributed by atoms with Crippen molar-refractivity contribution in [2.75, 3.05) is 20.6 Å². The maximum atomic E-state index is 13.1. The highest BCUT2D eigenvalue weighted by atomic mass is 35.5. The summed E-state index contributed by atoms with van der Waals surface area (Å²) in [7, 11) is 3.95. The van der Waals surface area contributed by atoms with Crippen LogP contribution in [0.4, 0.5) is 0 Å². The highest BCUT2D eigenvalue weighted by Crippen LogP contribution is 2.38. The predicted molar refractivity (Wildman–Crippen MR) is 126 cm³/mol. The Morgan fingerprint density at radius 3 is 2.84 bits per heavy atom. The fourth-order valence-corrected chi connectivity index (χ4v) is 4.73. The molecule has 0 saturated heterocycles. The van der Waals surface area contributed by atoms with E-state index in [1.807, 2.05) is 57.1 Å². The SMILES string of the molecule is Cc1c(Cl)ccc2c(-c3nc(C(=O)NC(C)CN(C)C)c(-c4cccnc4)s3)[nH]nc12. The van der Waals surface area contributed by atoms with Gasteiger partial charge in [0.2, 0.25) is 0 Å². The van der Waals surface area contributed by atoms with Gasteiger partial charge in [0.1, 0.15) is 16.4 Å². The van der Waals surface area contributed by atoms with Crippen molar-refractivity contribution in [2.45, 2.75) is 19.9 Å². The monoisotopic (exact) mass is 454 g/mol. The predicted octanol–water partition coefficient (Wildman–Crippen LogP) is 4.39. The van der Waals surface area contributed by atoms with Crippen LogP contribution in [0.25, 0.3) is 32.0 Å². The zero-order valence-electron chi connectivity index (χ0n) is 17.7. The van der Waals surface area contributed by atoms with Crippen molar-refractivity contribution < 1.29 is 4.79 Å². The molecule has 0 aliphatic heterocycles. The Kier molecular flexibility index (Phi) is 6.04. The molecule has 0 radical (unpaired) electrons. The molecule has 3 aromatic heterocycles. The van der Waals surface area contributed by atoms with E-state index in [4.69, 9.17) is 16.6 Å². The first kappa shape index (κ1) is 21.4. The second kappa shape index (κ2) is 8.74. The highest BCUT2D eigenvalue weighted by molar-refractivity contribution is 7.18. The number of rotatable bonds is 6. The Balaban J connectivity index is 1.79. The van der Waals surface area contributed by atoms with E-state index >= 15 is 0 Å². The summed E-state index contributed by atoms with van der Waals surface area (Å²) in [5, 5.41) is 12.8. The molecule has 0 aliphatic carbocycles. The minimum Gasteiger partial charge on any atom is -0.347 e. The van der Waals surface area contributed by atoms with Crippen LogP contribution < -0.4 is 5.32 Å². The van der Waals surface area contributed by atoms with Crippen molar-refractivity contribution in [1.82, 2.24) is 30.4 Å². The van der Waals surface area contributed by atoms with E-state index in [1.165, 1.54) is 11.3 Å². The summed E-state index contributed by atoms with van der Waals surface area (Å²) in [5.41, 5.74) is 3.70. The lowest BCUT2D eigenvalue weighted by Crippen LogP contribution is -2.39. The molecule has 160 valence electrons. The van der Waals surface area contributed by atoms with Crippen molar-refractivity contribution in [3.8, 4) is 21.1 Å². The van der Waals surface area contributed by atoms with Gasteiger partial charge >= 0.3 is 0 Å². The zero-order valence-corrected chi connectivity index (χ0v) is 19.3. The number of nitrogens with zero attached hydrogens (tertiary/aromatic N) is 4. The average molecular weight is 455 g/mol. The molecule has 0 saturated carbocycles. The minimum absolute atomic E-state index is 0.0211. The molecule has 1 atom stereocenters. The van der Waals surface area contributed by atoms with Crippen LogP contribution in [0.2, 0.25) is 5.02 Å². The quantitative estimate of drug-likeness (QED) is 0.451. The molecule has 0 fully saturated rings. The van der Waals surface area contributed by atoms with Crippen LogP contribution in [0.1, 0.15) is 23.0 Å². The Labute approximate surface area is 189 Å². The molecule has 9 heteroatoms. The molecule has 2 N–H and O–H groups in total. The van der Waals surface area contributed by atoms with Gasteiger partial charge < -0.3 is 10.2 Å². The van der Waals surface area contributed by atoms with E-state index in [0.29, 0.717) is 15.7 Å². The summed E-state index contributed by atoms with van der Waals surface area (Å²) in [6, 6.07) is 7.53. The number of H-pyrrole nitrogens is 1. The molecule has 31 heavy (non-hydrogen) atoms. The van der Waals surface area contributed by atoms with Gasteiger partial charge in [-0.25, -0.2) is 4.98 Å². The van der Waals surface area contributed by atoms with Gasteiger partial charge in [0.25, 0.3) is 5.91 Å². The molecule has 4 aromatic rings. The number of fused-ring (bicyclic) bond motifs is 1. The Morgan fingerprint density at radius 1 is 1.32 bits per heavy atom. The number of aryl methyl sites for hydroxylation is 1. The van der Waals surface area contributed by atoms with Gasteiger partial charge in [0.15, 0.2) is 0 Å². The first-order valence-corrected chi connectivity index (χ1v) is 11.0. The van der Waals surface area contributed by atoms with Crippen LogP contribution in [0.5, 0.6) is 0 Å². The molecule has 3 heterocycles. The van der Waals surface area contributed by atoms with E-state index in [2.05, 4.69) is 20.5 Å². The number of aromatic nitrogens is 4. The third-order valence-electron chi connectivity index (χ3n) is 4.91. The average Bonchev–Trinajstić information content (AvgIpc) is 3.35. The summed E-state index contributed by atoms with van der Waals surface area (Å²) in [4.78, 5) is 24.9. The number of hydrogen-bond donors (Lipinski definition) is 2. The van der Waals surface area contributed by atoms with Gasteiger partial charge in [-0.1, -0.05) is 17.7 Å². The number of likely N-dealkylation sites (N-methyl/N-ethyl adjacent to an activating group) is 1. The Morgan fingerprint density at radius 2 is 2.13 bits per heavy atom. The van der Waals surface area contributed by atoms with Crippen molar-refractivity contribution in [2.24, 2.45) is 0 Å². The molecule has 1 aromatic carbocycles. The second-order valence-corrected chi connectivity index (χ2v) is 9.15. The first-order chi connectivity index (χ1) is 14.8. The molecule has 0 aliphatic rings. The van der Waals surface area contributed by atoms with Crippen molar-refractivity contribution in [3.05, 3.63) is 52.9 Å². The lowest BCUT2D eigenvalue weighted by molar-refractivity contribution is 0.0930. The van der Waals surface area contributed by atoms with Crippen LogP contribution in [0.3, 0.4) is 0 Å². The smallest absolute Gasteiger partial charge is 0.271 e. The topological polar surface area (TPSA) is 86.8 Å². The summed E-state index contributed by atoms with van der Waals surface area (Å²) in [6.45, 7) is 4.64. The summed E-state index contributed by atoms with van der Waals surface area (Å²) >= 11 is 7.69. The molecule has 0 bridgehead atoms. The lowest BCUT2D eigenvalue weighted by atomic mass is 10.1. The minimum atomic E-state index is -0.209. The van der Waals surface area contributed by atoms with Crippen LogP contribution >= 0.6 is 22.9 Å². The lowest BCUT2D eigenvalue weighted by Gasteiger charge is -2.18. The number of hydrogen-bond acceptors (Lipinski definition) is 6. The summed E-state index contributed by atoms with van der Waals surface area (Å²) < 4.78 is 0. The van der Waals surface area contributed by atoms with Gasteiger partial charge in [0.05, 0.1) is 10.4 Å². The number of nitrogens with one attached hydrogen (secondary N) is 2. The van der Waals surface area contributed by atoms with Gasteiger partial charge in [-0.15, -0.1) is 11.3 Å². The number of carbonyl (C=O) groups excluding carboxylic acids is 1. The van der Waals surface area contributed by atoms with Gasteiger partial charge in [-0.2, -0.15) is 5.10 Å². The van der Waals surface area contributed by atoms with Crippen LogP contribution in [0, 0.1) is 6.92 Å². The van der Waals surface area contributed by atoms with Gasteiger partial charge in [0, 0.05) is 41.0 Å².